The van der Waals surface area contributed by atoms with Crippen LogP contribution < -0.4 is 15.0 Å². The minimum atomic E-state index is -4.78. The van der Waals surface area contributed by atoms with E-state index in [4.69, 9.17) is 11.6 Å². The lowest BCUT2D eigenvalue weighted by Gasteiger charge is -2.22. The maximum Gasteiger partial charge on any atom is 0.573 e. The van der Waals surface area contributed by atoms with E-state index < -0.39 is 12.4 Å². The van der Waals surface area contributed by atoms with Gasteiger partial charge in [-0.3, -0.25) is 9.69 Å². The molecular formula is C29H24ClF3N6O3S. The number of halogens is 4. The Morgan fingerprint density at radius 3 is 2.53 bits per heavy atom. The number of nitrogens with one attached hydrogen (secondary N) is 1. The number of hydrogen-bond donors (Lipinski definition) is 1. The molecule has 43 heavy (non-hydrogen) atoms. The average Bonchev–Trinajstić information content (AvgIpc) is 3.56. The Kier molecular flexibility index (Phi) is 8.47. The van der Waals surface area contributed by atoms with E-state index in [1.54, 1.807) is 18.2 Å². The Hall–Kier alpha value is -4.36. The highest BCUT2D eigenvalue weighted by Crippen LogP contribution is 2.35. The molecule has 14 heteroatoms. The topological polar surface area (TPSA) is 102 Å². The van der Waals surface area contributed by atoms with Crippen molar-refractivity contribution in [2.75, 3.05) is 16.0 Å². The van der Waals surface area contributed by atoms with Gasteiger partial charge >= 0.3 is 12.4 Å². The summed E-state index contributed by atoms with van der Waals surface area (Å²) in [4.78, 5) is 35.6. The number of urea groups is 1. The number of rotatable bonds is 6. The van der Waals surface area contributed by atoms with Crippen molar-refractivity contribution >= 4 is 51.8 Å². The lowest BCUT2D eigenvalue weighted by atomic mass is 9.99. The molecule has 0 aliphatic carbocycles. The molecule has 4 aromatic rings. The molecule has 1 saturated heterocycles. The fraction of sp³-hybridized carbons (Fsp3) is 0.207. The van der Waals surface area contributed by atoms with E-state index in [-0.39, 0.29) is 33.5 Å². The Morgan fingerprint density at radius 1 is 1.12 bits per heavy atom. The highest BCUT2D eigenvalue weighted by atomic mass is 35.5. The SMILES string of the molecule is Cc1ccc(C(C)C)c(N2C(=O)CS/C2=N\C(=O)Nc2ccc(-c3ncn(-c4ccc(OC(F)(F)F)cc4)n3)cc2Cl)c1. The number of aliphatic imine (C=N–C) groups is 1. The summed E-state index contributed by atoms with van der Waals surface area (Å²) in [5, 5.41) is 7.49. The fourth-order valence-electron chi connectivity index (χ4n) is 4.32. The summed E-state index contributed by atoms with van der Waals surface area (Å²) in [6.07, 6.45) is -3.38. The normalized spacial score (nSPS) is 14.6. The molecule has 3 aromatic carbocycles. The number of nitrogens with zero attached hydrogens (tertiary/aromatic N) is 5. The molecule has 1 fully saturated rings. The zero-order chi connectivity index (χ0) is 30.9. The molecule has 1 aliphatic rings. The molecule has 1 aliphatic heterocycles. The largest absolute Gasteiger partial charge is 0.573 e. The quantitative estimate of drug-likeness (QED) is 0.236. The van der Waals surface area contributed by atoms with E-state index in [1.165, 1.54) is 51.9 Å². The number of amidine groups is 1. The van der Waals surface area contributed by atoms with Gasteiger partial charge in [-0.1, -0.05) is 49.3 Å². The number of carbonyl (C=O) groups is 2. The minimum Gasteiger partial charge on any atom is -0.406 e. The molecule has 5 rings (SSSR count). The molecule has 1 N–H and O–H groups in total. The molecule has 9 nitrogen and oxygen atoms in total. The third kappa shape index (κ3) is 7.00. The number of aromatic nitrogens is 3. The average molecular weight is 629 g/mol. The third-order valence-corrected chi connectivity index (χ3v) is 7.54. The number of alkyl halides is 3. The summed E-state index contributed by atoms with van der Waals surface area (Å²) in [7, 11) is 0. The summed E-state index contributed by atoms with van der Waals surface area (Å²) in [5.41, 5.74) is 3.94. The summed E-state index contributed by atoms with van der Waals surface area (Å²) < 4.78 is 42.5. The van der Waals surface area contributed by atoms with Crippen molar-refractivity contribution in [3.05, 3.63) is 83.1 Å². The molecule has 1 aromatic heterocycles. The van der Waals surface area contributed by atoms with Crippen LogP contribution in [0.2, 0.25) is 5.02 Å². The van der Waals surface area contributed by atoms with Crippen LogP contribution in [-0.2, 0) is 4.79 Å². The number of hydrogen-bond acceptors (Lipinski definition) is 6. The number of aryl methyl sites for hydroxylation is 1. The van der Waals surface area contributed by atoms with Gasteiger partial charge in [-0.15, -0.1) is 18.3 Å². The zero-order valence-electron chi connectivity index (χ0n) is 23.0. The van der Waals surface area contributed by atoms with Crippen molar-refractivity contribution in [3.8, 4) is 22.8 Å². The highest BCUT2D eigenvalue weighted by Gasteiger charge is 2.33. The first-order valence-corrected chi connectivity index (χ1v) is 14.3. The predicted molar refractivity (Wildman–Crippen MR) is 160 cm³/mol. The van der Waals surface area contributed by atoms with Crippen LogP contribution in [0.15, 0.2) is 72.0 Å². The van der Waals surface area contributed by atoms with Crippen LogP contribution in [0.4, 0.5) is 29.3 Å². The smallest absolute Gasteiger partial charge is 0.406 e. The van der Waals surface area contributed by atoms with Crippen molar-refractivity contribution in [3.63, 3.8) is 0 Å². The van der Waals surface area contributed by atoms with Gasteiger partial charge in [0.25, 0.3) is 0 Å². The van der Waals surface area contributed by atoms with Crippen LogP contribution >= 0.6 is 23.4 Å². The van der Waals surface area contributed by atoms with Gasteiger partial charge in [0.05, 0.1) is 27.8 Å². The van der Waals surface area contributed by atoms with Crippen LogP contribution in [0.5, 0.6) is 5.75 Å². The Balaban J connectivity index is 1.31. The van der Waals surface area contributed by atoms with Crippen LogP contribution in [0.3, 0.4) is 0 Å². The number of thioether (sulfide) groups is 1. The van der Waals surface area contributed by atoms with E-state index in [9.17, 15) is 22.8 Å². The first-order chi connectivity index (χ1) is 20.4. The van der Waals surface area contributed by atoms with Gasteiger partial charge in [-0.2, -0.15) is 4.99 Å². The monoisotopic (exact) mass is 628 g/mol. The van der Waals surface area contributed by atoms with Crippen molar-refractivity contribution in [1.29, 1.82) is 0 Å². The van der Waals surface area contributed by atoms with Crippen molar-refractivity contribution in [2.24, 2.45) is 4.99 Å². The van der Waals surface area contributed by atoms with Crippen LogP contribution in [0.25, 0.3) is 17.1 Å². The van der Waals surface area contributed by atoms with Gasteiger partial charge < -0.3 is 10.1 Å². The van der Waals surface area contributed by atoms with Crippen molar-refractivity contribution in [2.45, 2.75) is 33.1 Å². The zero-order valence-corrected chi connectivity index (χ0v) is 24.6. The molecule has 0 radical (unpaired) electrons. The number of carbonyl (C=O) groups excluding carboxylic acids is 2. The van der Waals surface area contributed by atoms with Crippen LogP contribution in [-0.4, -0.2) is 44.0 Å². The number of benzene rings is 3. The Morgan fingerprint density at radius 2 is 1.86 bits per heavy atom. The highest BCUT2D eigenvalue weighted by molar-refractivity contribution is 8.15. The van der Waals surface area contributed by atoms with E-state index in [0.717, 1.165) is 11.1 Å². The lowest BCUT2D eigenvalue weighted by Crippen LogP contribution is -2.31. The second kappa shape index (κ2) is 12.1. The minimum absolute atomic E-state index is 0.153. The van der Waals surface area contributed by atoms with E-state index >= 15 is 0 Å². The standard InChI is InChI=1S/C29H24ClF3N6O3S/c1-16(2)21-10-4-17(3)12-24(21)39-25(40)14-43-28(39)36-27(41)35-23-11-5-18(13-22(23)30)26-34-15-38(37-26)19-6-8-20(9-7-19)42-29(31,32)33/h4-13,15-16H,14H2,1-3H3,(H,35,41)/b36-28-. The van der Waals surface area contributed by atoms with E-state index in [1.807, 2.05) is 39.0 Å². The van der Waals surface area contributed by atoms with Gasteiger partial charge in [0, 0.05) is 5.56 Å². The molecule has 0 unspecified atom stereocenters. The molecular weight excluding hydrogens is 605 g/mol. The lowest BCUT2D eigenvalue weighted by molar-refractivity contribution is -0.274. The van der Waals surface area contributed by atoms with Gasteiger partial charge in [0.1, 0.15) is 12.1 Å². The molecule has 222 valence electrons. The number of ether oxygens (including phenoxy) is 1. The molecule has 2 heterocycles. The third-order valence-electron chi connectivity index (χ3n) is 6.31. The first kappa shape index (κ1) is 30.1. The fourth-order valence-corrected chi connectivity index (χ4v) is 5.41. The Labute approximate surface area is 253 Å². The predicted octanol–water partition coefficient (Wildman–Crippen LogP) is 7.59. The molecule has 0 spiro atoms. The van der Waals surface area contributed by atoms with Gasteiger partial charge in [-0.25, -0.2) is 14.5 Å². The van der Waals surface area contributed by atoms with Crippen molar-refractivity contribution < 1.29 is 27.5 Å². The van der Waals surface area contributed by atoms with Gasteiger partial charge in [0.15, 0.2) is 11.0 Å². The maximum absolute atomic E-state index is 12.9. The second-order valence-corrected chi connectivity index (χ2v) is 11.2. The van der Waals surface area contributed by atoms with Gasteiger partial charge in [-0.05, 0) is 72.5 Å². The molecule has 0 atom stereocenters. The summed E-state index contributed by atoms with van der Waals surface area (Å²) in [5.74, 6) is 0.0985. The summed E-state index contributed by atoms with van der Waals surface area (Å²) in [6.45, 7) is 6.00. The second-order valence-electron chi connectivity index (χ2n) is 9.81. The summed E-state index contributed by atoms with van der Waals surface area (Å²) >= 11 is 7.64. The maximum atomic E-state index is 12.9. The number of anilines is 2. The molecule has 0 saturated carbocycles. The van der Waals surface area contributed by atoms with E-state index in [2.05, 4.69) is 25.1 Å². The molecule has 3 amide bonds. The summed E-state index contributed by atoms with van der Waals surface area (Å²) in [6, 6.07) is 15.1. The van der Waals surface area contributed by atoms with Gasteiger partial charge in [0.2, 0.25) is 5.91 Å². The first-order valence-electron chi connectivity index (χ1n) is 12.9. The Bertz CT molecular complexity index is 1720. The van der Waals surface area contributed by atoms with Crippen LogP contribution in [0, 0.1) is 6.92 Å². The van der Waals surface area contributed by atoms with E-state index in [0.29, 0.717) is 28.5 Å². The van der Waals surface area contributed by atoms with Crippen molar-refractivity contribution in [1.82, 2.24) is 14.8 Å². The molecule has 0 bridgehead atoms. The number of amides is 3. The van der Waals surface area contributed by atoms with Crippen LogP contribution in [0.1, 0.15) is 30.9 Å².